The molecule has 1 aliphatic heterocycles. The lowest BCUT2D eigenvalue weighted by molar-refractivity contribution is -0.143. The molecule has 0 fully saturated rings. The molecule has 4 rings (SSSR count). The number of carbonyl (C=O) groups excluding carboxylic acids is 2. The predicted octanol–water partition coefficient (Wildman–Crippen LogP) is 4.02. The number of hydrogen-bond donors (Lipinski definition) is 0. The molecule has 6 nitrogen and oxygen atoms in total. The van der Waals surface area contributed by atoms with Crippen LogP contribution in [0.5, 0.6) is 5.75 Å². The van der Waals surface area contributed by atoms with Crippen LogP contribution in [0.4, 0.5) is 5.69 Å². The summed E-state index contributed by atoms with van der Waals surface area (Å²) in [6.07, 6.45) is 1.57. The molecule has 0 N–H and O–H groups in total. The fourth-order valence-corrected chi connectivity index (χ4v) is 3.93. The van der Waals surface area contributed by atoms with Crippen LogP contribution in [-0.2, 0) is 20.7 Å². The lowest BCUT2D eigenvalue weighted by atomic mass is 10.1. The molecule has 0 saturated carbocycles. The number of aromatic nitrogens is 1. The minimum absolute atomic E-state index is 0.0938. The Morgan fingerprint density at radius 3 is 2.83 bits per heavy atom. The highest BCUT2D eigenvalue weighted by Gasteiger charge is 2.28. The second-order valence-corrected chi connectivity index (χ2v) is 8.07. The second-order valence-electron chi connectivity index (χ2n) is 7.01. The van der Waals surface area contributed by atoms with Gasteiger partial charge in [-0.25, -0.2) is 4.98 Å². The summed E-state index contributed by atoms with van der Waals surface area (Å²) in [5.41, 5.74) is 3.48. The van der Waals surface area contributed by atoms with Crippen LogP contribution in [0.3, 0.4) is 0 Å². The molecule has 0 unspecified atom stereocenters. The normalized spacial score (nSPS) is 13.0. The molecular weight excluding hydrogens is 400 g/mol. The summed E-state index contributed by atoms with van der Waals surface area (Å²) >= 11 is 1.56. The van der Waals surface area contributed by atoms with E-state index in [-0.39, 0.29) is 19.1 Å². The van der Waals surface area contributed by atoms with Gasteiger partial charge >= 0.3 is 5.97 Å². The summed E-state index contributed by atoms with van der Waals surface area (Å²) in [6, 6.07) is 15.6. The Morgan fingerprint density at radius 1 is 1.23 bits per heavy atom. The van der Waals surface area contributed by atoms with E-state index in [9.17, 15) is 9.59 Å². The first-order chi connectivity index (χ1) is 14.6. The molecule has 2 aromatic carbocycles. The van der Waals surface area contributed by atoms with Crippen molar-refractivity contribution in [3.05, 3.63) is 64.5 Å². The molecule has 2 heterocycles. The van der Waals surface area contributed by atoms with Gasteiger partial charge in [0, 0.05) is 10.9 Å². The summed E-state index contributed by atoms with van der Waals surface area (Å²) in [7, 11) is 0. The molecule has 0 spiro atoms. The number of thiazole rings is 1. The molecule has 0 bridgehead atoms. The van der Waals surface area contributed by atoms with E-state index in [4.69, 9.17) is 9.47 Å². The summed E-state index contributed by atoms with van der Waals surface area (Å²) in [6.45, 7) is 2.03. The van der Waals surface area contributed by atoms with E-state index in [1.807, 2.05) is 60.8 Å². The number of carbonyl (C=O) groups is 2. The van der Waals surface area contributed by atoms with Crippen LogP contribution in [0.25, 0.3) is 11.3 Å². The average molecular weight is 423 g/mol. The maximum Gasteiger partial charge on any atom is 0.326 e. The van der Waals surface area contributed by atoms with Crippen molar-refractivity contribution in [2.75, 3.05) is 24.7 Å². The topological polar surface area (TPSA) is 68.7 Å². The molecule has 0 aliphatic carbocycles. The molecule has 0 radical (unpaired) electrons. The number of fused-ring (bicyclic) bond motifs is 1. The van der Waals surface area contributed by atoms with E-state index < -0.39 is 5.97 Å². The molecule has 154 valence electrons. The summed E-state index contributed by atoms with van der Waals surface area (Å²) in [5, 5.41) is 2.93. The Morgan fingerprint density at radius 2 is 2.07 bits per heavy atom. The fourth-order valence-electron chi connectivity index (χ4n) is 3.31. The Balaban J connectivity index is 1.40. The van der Waals surface area contributed by atoms with Crippen LogP contribution in [-0.4, -0.2) is 36.6 Å². The first-order valence-corrected chi connectivity index (χ1v) is 10.7. The molecule has 1 amide bonds. The molecule has 1 aromatic heterocycles. The Bertz CT molecular complexity index is 1050. The van der Waals surface area contributed by atoms with Gasteiger partial charge in [0.05, 0.1) is 23.0 Å². The maximum atomic E-state index is 12.4. The number of amides is 1. The van der Waals surface area contributed by atoms with Crippen molar-refractivity contribution in [1.82, 2.24) is 4.98 Å². The summed E-state index contributed by atoms with van der Waals surface area (Å²) in [5.74, 6) is -0.128. The highest BCUT2D eigenvalue weighted by atomic mass is 32.1. The summed E-state index contributed by atoms with van der Waals surface area (Å²) < 4.78 is 10.9. The van der Waals surface area contributed by atoms with Crippen molar-refractivity contribution < 1.29 is 19.1 Å². The van der Waals surface area contributed by atoms with Gasteiger partial charge in [-0.05, 0) is 43.5 Å². The van der Waals surface area contributed by atoms with E-state index in [0.717, 1.165) is 29.1 Å². The van der Waals surface area contributed by atoms with Crippen molar-refractivity contribution in [3.63, 3.8) is 0 Å². The van der Waals surface area contributed by atoms with Crippen molar-refractivity contribution in [2.24, 2.45) is 0 Å². The quantitative estimate of drug-likeness (QED) is 0.425. The molecule has 0 saturated heterocycles. The van der Waals surface area contributed by atoms with E-state index in [1.54, 1.807) is 11.3 Å². The molecule has 7 heteroatoms. The van der Waals surface area contributed by atoms with Gasteiger partial charge in [0.15, 0.2) is 6.61 Å². The monoisotopic (exact) mass is 422 g/mol. The third-order valence-electron chi connectivity index (χ3n) is 4.82. The Hall–Kier alpha value is -3.19. The zero-order valence-electron chi connectivity index (χ0n) is 16.7. The largest absolute Gasteiger partial charge is 0.482 e. The summed E-state index contributed by atoms with van der Waals surface area (Å²) in [4.78, 5) is 30.7. The number of benzene rings is 2. The van der Waals surface area contributed by atoms with Gasteiger partial charge < -0.3 is 9.47 Å². The van der Waals surface area contributed by atoms with Crippen LogP contribution in [0.2, 0.25) is 0 Å². The van der Waals surface area contributed by atoms with Crippen LogP contribution >= 0.6 is 11.3 Å². The van der Waals surface area contributed by atoms with Crippen LogP contribution in [0, 0.1) is 6.92 Å². The van der Waals surface area contributed by atoms with Gasteiger partial charge in [0.1, 0.15) is 12.3 Å². The van der Waals surface area contributed by atoms with E-state index in [1.165, 1.54) is 10.5 Å². The first-order valence-electron chi connectivity index (χ1n) is 9.79. The van der Waals surface area contributed by atoms with Crippen LogP contribution < -0.4 is 9.64 Å². The third kappa shape index (κ3) is 4.68. The number of ether oxygens (including phenoxy) is 2. The first kappa shape index (κ1) is 20.1. The van der Waals surface area contributed by atoms with E-state index >= 15 is 0 Å². The Kier molecular flexibility index (Phi) is 6.09. The minimum Gasteiger partial charge on any atom is -0.482 e. The number of anilines is 1. The number of aryl methyl sites for hydroxylation is 2. The zero-order valence-corrected chi connectivity index (χ0v) is 17.5. The smallest absolute Gasteiger partial charge is 0.326 e. The van der Waals surface area contributed by atoms with Crippen molar-refractivity contribution in [2.45, 2.75) is 19.8 Å². The molecule has 30 heavy (non-hydrogen) atoms. The lowest BCUT2D eigenvalue weighted by Crippen LogP contribution is -2.42. The Labute approximate surface area is 179 Å². The van der Waals surface area contributed by atoms with Crippen molar-refractivity contribution in [1.29, 1.82) is 0 Å². The van der Waals surface area contributed by atoms with Gasteiger partial charge in [-0.3, -0.25) is 14.5 Å². The number of rotatable bonds is 7. The predicted molar refractivity (Wildman–Crippen MR) is 116 cm³/mol. The highest BCUT2D eigenvalue weighted by Crippen LogP contribution is 2.36. The van der Waals surface area contributed by atoms with Crippen molar-refractivity contribution in [3.8, 4) is 17.0 Å². The van der Waals surface area contributed by atoms with Gasteiger partial charge in [0.2, 0.25) is 0 Å². The van der Waals surface area contributed by atoms with E-state index in [0.29, 0.717) is 18.0 Å². The molecule has 1 aliphatic rings. The molecule has 3 aromatic rings. The van der Waals surface area contributed by atoms with Gasteiger partial charge in [-0.2, -0.15) is 0 Å². The number of nitrogens with zero attached hydrogens (tertiary/aromatic N) is 2. The molecular formula is C23H22N2O4S. The lowest BCUT2D eigenvalue weighted by Gasteiger charge is -2.29. The average Bonchev–Trinajstić information content (AvgIpc) is 3.20. The SMILES string of the molecule is Cc1nc(-c2ccc3c(c2)N(CC(=O)OCCCc2ccccc2)C(=O)CO3)cs1. The fraction of sp³-hybridized carbons (Fsp3) is 0.261. The maximum absolute atomic E-state index is 12.4. The van der Waals surface area contributed by atoms with Gasteiger partial charge in [-0.1, -0.05) is 30.3 Å². The minimum atomic E-state index is -0.431. The molecule has 0 atom stereocenters. The standard InChI is InChI=1S/C23H22N2O4S/c1-16-24-19(15-30-16)18-9-10-21-20(12-18)25(22(26)14-29-21)13-23(27)28-11-5-8-17-6-3-2-4-7-17/h2-4,6-7,9-10,12,15H,5,8,11,13-14H2,1H3. The van der Waals surface area contributed by atoms with Gasteiger partial charge in [0.25, 0.3) is 5.91 Å². The van der Waals surface area contributed by atoms with E-state index in [2.05, 4.69) is 4.98 Å². The number of esters is 1. The van der Waals surface area contributed by atoms with Crippen molar-refractivity contribution >= 4 is 28.9 Å². The number of hydrogen-bond acceptors (Lipinski definition) is 6. The second kappa shape index (κ2) is 9.09. The zero-order chi connectivity index (χ0) is 20.9. The van der Waals surface area contributed by atoms with Crippen LogP contribution in [0.15, 0.2) is 53.9 Å². The van der Waals surface area contributed by atoms with Crippen LogP contribution in [0.1, 0.15) is 17.0 Å². The highest BCUT2D eigenvalue weighted by molar-refractivity contribution is 7.09. The van der Waals surface area contributed by atoms with Gasteiger partial charge in [-0.15, -0.1) is 11.3 Å². The third-order valence-corrected chi connectivity index (χ3v) is 5.59.